The molecule has 28 heavy (non-hydrogen) atoms. The average Bonchev–Trinajstić information content (AvgIpc) is 2.65. The minimum absolute atomic E-state index is 1.40. The van der Waals surface area contributed by atoms with Crippen LogP contribution in [0.25, 0.3) is 27.1 Å². The molecule has 0 saturated carbocycles. The standard InChI is InChI=1S/C28H36/c1-13(2)14(3)26-27-21(10)17(6)15(4)19(8)24(27)23(12)25-20(9)16(5)18(7)22(11)28(25)26/h1-12H3. The molecule has 148 valence electrons. The lowest BCUT2D eigenvalue weighted by molar-refractivity contribution is 1.23. The van der Waals surface area contributed by atoms with E-state index in [1.807, 2.05) is 0 Å². The Bertz CT molecular complexity index is 1110. The topological polar surface area (TPSA) is 0 Å². The molecule has 0 heteroatoms. The maximum absolute atomic E-state index is 2.34. The van der Waals surface area contributed by atoms with Crippen LogP contribution in [-0.4, -0.2) is 0 Å². The van der Waals surface area contributed by atoms with Crippen LogP contribution in [0, 0.1) is 62.3 Å². The molecule has 3 rings (SSSR count). The fourth-order valence-electron chi connectivity index (χ4n) is 5.06. The molecule has 0 fully saturated rings. The van der Waals surface area contributed by atoms with Gasteiger partial charge in [0.15, 0.2) is 0 Å². The molecule has 0 spiro atoms. The van der Waals surface area contributed by atoms with E-state index in [1.165, 1.54) is 88.3 Å². The third kappa shape index (κ3) is 2.57. The van der Waals surface area contributed by atoms with Gasteiger partial charge in [-0.2, -0.15) is 0 Å². The fraction of sp³-hybridized carbons (Fsp3) is 0.429. The highest BCUT2D eigenvalue weighted by atomic mass is 14.3. The van der Waals surface area contributed by atoms with Crippen molar-refractivity contribution in [2.75, 3.05) is 0 Å². The zero-order chi connectivity index (χ0) is 21.2. The lowest BCUT2D eigenvalue weighted by atomic mass is 9.78. The Kier molecular flexibility index (Phi) is 4.99. The summed E-state index contributed by atoms with van der Waals surface area (Å²) in [6.45, 7) is 27.6. The summed E-state index contributed by atoms with van der Waals surface area (Å²) in [5.74, 6) is 0. The second-order valence-electron chi connectivity index (χ2n) is 9.12. The number of fused-ring (bicyclic) bond motifs is 2. The van der Waals surface area contributed by atoms with Crippen molar-refractivity contribution in [1.29, 1.82) is 0 Å². The molecule has 0 amide bonds. The third-order valence-corrected chi connectivity index (χ3v) is 7.75. The van der Waals surface area contributed by atoms with Gasteiger partial charge in [-0.1, -0.05) is 5.57 Å². The molecule has 0 saturated heterocycles. The monoisotopic (exact) mass is 372 g/mol. The quantitative estimate of drug-likeness (QED) is 0.375. The van der Waals surface area contributed by atoms with Crippen molar-refractivity contribution in [1.82, 2.24) is 0 Å². The molecule has 0 aromatic heterocycles. The zero-order valence-corrected chi connectivity index (χ0v) is 20.0. The largest absolute Gasteiger partial charge is 0.0729 e. The molecule has 0 nitrogen and oxygen atoms in total. The molecule has 0 bridgehead atoms. The Morgan fingerprint density at radius 2 is 0.643 bits per heavy atom. The zero-order valence-electron chi connectivity index (χ0n) is 20.0. The minimum atomic E-state index is 1.40. The van der Waals surface area contributed by atoms with E-state index in [0.29, 0.717) is 0 Å². The van der Waals surface area contributed by atoms with E-state index in [1.54, 1.807) is 0 Å². The summed E-state index contributed by atoms with van der Waals surface area (Å²) in [6, 6.07) is 0. The lowest BCUT2D eigenvalue weighted by Gasteiger charge is -2.26. The smallest absolute Gasteiger partial charge is 0.00648 e. The SMILES string of the molecule is CC(C)=C(C)c1c2c(C)c(C)c(C)c(C)c2c(C)c2c(C)c(C)c(C)c(C)c12. The van der Waals surface area contributed by atoms with E-state index < -0.39 is 0 Å². The summed E-state index contributed by atoms with van der Waals surface area (Å²) < 4.78 is 0. The summed E-state index contributed by atoms with van der Waals surface area (Å²) >= 11 is 0. The average molecular weight is 373 g/mol. The van der Waals surface area contributed by atoms with Crippen LogP contribution in [0.15, 0.2) is 5.57 Å². The Morgan fingerprint density at radius 1 is 0.357 bits per heavy atom. The van der Waals surface area contributed by atoms with Gasteiger partial charge in [0.25, 0.3) is 0 Å². The second kappa shape index (κ2) is 6.76. The van der Waals surface area contributed by atoms with Crippen molar-refractivity contribution in [3.05, 3.63) is 61.2 Å². The Labute approximate surface area is 171 Å². The summed E-state index contributed by atoms with van der Waals surface area (Å²) in [5, 5.41) is 5.87. The first-order chi connectivity index (χ1) is 12.9. The van der Waals surface area contributed by atoms with Crippen molar-refractivity contribution in [2.45, 2.75) is 83.1 Å². The van der Waals surface area contributed by atoms with Gasteiger partial charge in [0, 0.05) is 0 Å². The molecule has 0 unspecified atom stereocenters. The Hall–Kier alpha value is -2.08. The molecule has 0 heterocycles. The van der Waals surface area contributed by atoms with E-state index in [4.69, 9.17) is 0 Å². The van der Waals surface area contributed by atoms with Gasteiger partial charge in [-0.05, 0) is 166 Å². The van der Waals surface area contributed by atoms with E-state index in [-0.39, 0.29) is 0 Å². The van der Waals surface area contributed by atoms with Gasteiger partial charge in [-0.3, -0.25) is 0 Å². The van der Waals surface area contributed by atoms with Gasteiger partial charge in [-0.15, -0.1) is 0 Å². The van der Waals surface area contributed by atoms with Crippen LogP contribution in [0.4, 0.5) is 0 Å². The van der Waals surface area contributed by atoms with Crippen LogP contribution in [0.1, 0.15) is 76.4 Å². The van der Waals surface area contributed by atoms with Gasteiger partial charge >= 0.3 is 0 Å². The van der Waals surface area contributed by atoms with Crippen molar-refractivity contribution >= 4 is 27.1 Å². The molecule has 0 atom stereocenters. The van der Waals surface area contributed by atoms with Crippen LogP contribution < -0.4 is 0 Å². The van der Waals surface area contributed by atoms with E-state index in [0.717, 1.165) is 0 Å². The van der Waals surface area contributed by atoms with Gasteiger partial charge < -0.3 is 0 Å². The highest BCUT2D eigenvalue weighted by Crippen LogP contribution is 2.45. The molecule has 0 aliphatic heterocycles. The van der Waals surface area contributed by atoms with Crippen LogP contribution in [0.5, 0.6) is 0 Å². The number of hydrogen-bond acceptors (Lipinski definition) is 0. The highest BCUT2D eigenvalue weighted by molar-refractivity contribution is 6.16. The third-order valence-electron chi connectivity index (χ3n) is 7.75. The predicted molar refractivity (Wildman–Crippen MR) is 128 cm³/mol. The normalized spacial score (nSPS) is 11.6. The highest BCUT2D eigenvalue weighted by Gasteiger charge is 2.23. The number of allylic oxidation sites excluding steroid dienone is 2. The Morgan fingerprint density at radius 3 is 0.929 bits per heavy atom. The summed E-state index contributed by atoms with van der Waals surface area (Å²) in [4.78, 5) is 0. The Balaban J connectivity index is 2.93. The number of rotatable bonds is 1. The molecule has 0 aliphatic carbocycles. The van der Waals surface area contributed by atoms with Crippen LogP contribution in [-0.2, 0) is 0 Å². The molecule has 0 radical (unpaired) electrons. The molecular formula is C28H36. The first-order valence-electron chi connectivity index (χ1n) is 10.5. The summed E-state index contributed by atoms with van der Waals surface area (Å²) in [6.07, 6.45) is 0. The maximum Gasteiger partial charge on any atom is -0.00648 e. The molecule has 3 aromatic rings. The van der Waals surface area contributed by atoms with Crippen LogP contribution in [0.2, 0.25) is 0 Å². The van der Waals surface area contributed by atoms with Crippen molar-refractivity contribution < 1.29 is 0 Å². The summed E-state index contributed by atoms with van der Waals surface area (Å²) in [5.41, 5.74) is 17.2. The van der Waals surface area contributed by atoms with E-state index in [2.05, 4.69) is 83.1 Å². The molecule has 0 aliphatic rings. The molecule has 3 aromatic carbocycles. The second-order valence-corrected chi connectivity index (χ2v) is 9.12. The van der Waals surface area contributed by atoms with Gasteiger partial charge in [0.1, 0.15) is 0 Å². The molecular weight excluding hydrogens is 336 g/mol. The first-order valence-corrected chi connectivity index (χ1v) is 10.5. The number of hydrogen-bond donors (Lipinski definition) is 0. The van der Waals surface area contributed by atoms with Crippen LogP contribution in [0.3, 0.4) is 0 Å². The maximum atomic E-state index is 2.34. The molecule has 0 N–H and O–H groups in total. The first kappa shape index (κ1) is 20.6. The minimum Gasteiger partial charge on any atom is -0.0729 e. The lowest BCUT2D eigenvalue weighted by Crippen LogP contribution is -2.04. The van der Waals surface area contributed by atoms with E-state index in [9.17, 15) is 0 Å². The number of benzene rings is 3. The van der Waals surface area contributed by atoms with Gasteiger partial charge in [0.05, 0.1) is 0 Å². The van der Waals surface area contributed by atoms with Crippen LogP contribution >= 0.6 is 0 Å². The number of aryl methyl sites for hydroxylation is 5. The van der Waals surface area contributed by atoms with Crippen molar-refractivity contribution in [3.63, 3.8) is 0 Å². The summed E-state index contributed by atoms with van der Waals surface area (Å²) in [7, 11) is 0. The van der Waals surface area contributed by atoms with Crippen molar-refractivity contribution in [3.8, 4) is 0 Å². The predicted octanol–water partition coefficient (Wildman–Crippen LogP) is 8.58. The van der Waals surface area contributed by atoms with Crippen molar-refractivity contribution in [2.24, 2.45) is 0 Å². The van der Waals surface area contributed by atoms with Gasteiger partial charge in [0.2, 0.25) is 0 Å². The van der Waals surface area contributed by atoms with E-state index >= 15 is 0 Å². The fourth-order valence-corrected chi connectivity index (χ4v) is 5.06. The van der Waals surface area contributed by atoms with Gasteiger partial charge in [-0.25, -0.2) is 0 Å².